The van der Waals surface area contributed by atoms with Gasteiger partial charge in [-0.2, -0.15) is 0 Å². The molecule has 1 aromatic heterocycles. The van der Waals surface area contributed by atoms with Crippen LogP contribution in [0.1, 0.15) is 0 Å². The average Bonchev–Trinajstić information content (AvgIpc) is 2.86. The molecule has 2 N–H and O–H groups in total. The summed E-state index contributed by atoms with van der Waals surface area (Å²) in [7, 11) is 3.79. The van der Waals surface area contributed by atoms with E-state index in [1.165, 1.54) is 11.0 Å². The van der Waals surface area contributed by atoms with E-state index in [0.717, 1.165) is 37.6 Å². The van der Waals surface area contributed by atoms with Crippen molar-refractivity contribution < 1.29 is 14.3 Å². The van der Waals surface area contributed by atoms with E-state index in [2.05, 4.69) is 15.2 Å². The van der Waals surface area contributed by atoms with Gasteiger partial charge in [0.2, 0.25) is 6.41 Å². The molecule has 0 saturated carbocycles. The molecular formula is C26H30FN5O2. The van der Waals surface area contributed by atoms with Gasteiger partial charge in [0.15, 0.2) is 0 Å². The average molecular weight is 464 g/mol. The van der Waals surface area contributed by atoms with Gasteiger partial charge in [0.1, 0.15) is 17.4 Å². The van der Waals surface area contributed by atoms with Crippen molar-refractivity contribution in [2.24, 2.45) is 0 Å². The lowest BCUT2D eigenvalue weighted by Crippen LogP contribution is -2.43. The molecule has 1 aliphatic rings. The topological polar surface area (TPSA) is 71.9 Å². The molecule has 0 unspecified atom stereocenters. The minimum absolute atomic E-state index is 0.0759. The van der Waals surface area contributed by atoms with E-state index >= 15 is 0 Å². The van der Waals surface area contributed by atoms with Crippen LogP contribution in [0, 0.1) is 5.82 Å². The van der Waals surface area contributed by atoms with Crippen molar-refractivity contribution in [1.82, 2.24) is 15.2 Å². The number of nitrogens with one attached hydrogen (secondary N) is 1. The summed E-state index contributed by atoms with van der Waals surface area (Å²) in [6, 6.07) is 13.9. The summed E-state index contributed by atoms with van der Waals surface area (Å²) < 4.78 is 15.0. The minimum Gasteiger partial charge on any atom is -0.507 e. The van der Waals surface area contributed by atoms with Crippen LogP contribution in [0.25, 0.3) is 22.3 Å². The normalized spacial score (nSPS) is 13.8. The number of rotatable bonds is 8. The summed E-state index contributed by atoms with van der Waals surface area (Å²) in [6.07, 6.45) is 2.38. The highest BCUT2D eigenvalue weighted by Gasteiger charge is 2.17. The number of piperazine rings is 1. The number of anilines is 2. The van der Waals surface area contributed by atoms with Crippen molar-refractivity contribution in [3.63, 3.8) is 0 Å². The third-order valence-electron chi connectivity index (χ3n) is 6.02. The van der Waals surface area contributed by atoms with E-state index in [0.29, 0.717) is 36.2 Å². The fourth-order valence-corrected chi connectivity index (χ4v) is 4.11. The number of hydrogen-bond acceptors (Lipinski definition) is 6. The predicted octanol–water partition coefficient (Wildman–Crippen LogP) is 3.19. The Labute approximate surface area is 199 Å². The SMILES string of the molecule is CN(C)CCN(C=O)c1ccc(-c2cccc(-c3ccnc(N4CCNCC4)c3)c2O)cc1F. The number of likely N-dealkylation sites (N-methyl/N-ethyl adjacent to an activating group) is 1. The van der Waals surface area contributed by atoms with Crippen LogP contribution in [0.4, 0.5) is 15.9 Å². The Kier molecular flexibility index (Phi) is 7.40. The molecule has 0 radical (unpaired) electrons. The maximum absolute atomic E-state index is 15.0. The number of benzene rings is 2. The lowest BCUT2D eigenvalue weighted by Gasteiger charge is -2.28. The molecule has 1 fully saturated rings. The van der Waals surface area contributed by atoms with Crippen LogP contribution in [-0.4, -0.2) is 74.8 Å². The Bertz CT molecular complexity index is 1150. The first kappa shape index (κ1) is 23.7. The zero-order valence-electron chi connectivity index (χ0n) is 19.5. The lowest BCUT2D eigenvalue weighted by molar-refractivity contribution is -0.107. The molecule has 1 amide bonds. The Hall–Kier alpha value is -3.49. The minimum atomic E-state index is -0.516. The second-order valence-electron chi connectivity index (χ2n) is 8.61. The van der Waals surface area contributed by atoms with E-state index in [1.54, 1.807) is 24.4 Å². The molecular weight excluding hydrogens is 433 g/mol. The molecule has 0 bridgehead atoms. The molecule has 0 atom stereocenters. The molecule has 178 valence electrons. The molecule has 3 aromatic rings. The summed E-state index contributed by atoms with van der Waals surface area (Å²) >= 11 is 0. The van der Waals surface area contributed by atoms with E-state index in [4.69, 9.17) is 0 Å². The Morgan fingerprint density at radius 2 is 1.76 bits per heavy atom. The number of carbonyl (C=O) groups is 1. The Morgan fingerprint density at radius 3 is 2.41 bits per heavy atom. The molecule has 2 heterocycles. The highest BCUT2D eigenvalue weighted by atomic mass is 19.1. The second-order valence-corrected chi connectivity index (χ2v) is 8.61. The molecule has 2 aromatic carbocycles. The summed E-state index contributed by atoms with van der Waals surface area (Å²) in [5.74, 6) is 0.427. The fraction of sp³-hybridized carbons (Fsp3) is 0.308. The first-order valence-electron chi connectivity index (χ1n) is 11.4. The van der Waals surface area contributed by atoms with Crippen molar-refractivity contribution in [3.05, 3.63) is 60.5 Å². The largest absolute Gasteiger partial charge is 0.507 e. The zero-order chi connectivity index (χ0) is 24.1. The first-order chi connectivity index (χ1) is 16.5. The van der Waals surface area contributed by atoms with Gasteiger partial charge in [0.05, 0.1) is 5.69 Å². The van der Waals surface area contributed by atoms with Gasteiger partial charge >= 0.3 is 0 Å². The number of pyridine rings is 1. The monoisotopic (exact) mass is 463 g/mol. The zero-order valence-corrected chi connectivity index (χ0v) is 19.5. The number of phenolic OH excluding ortho intramolecular Hbond substituents is 1. The Balaban J connectivity index is 1.64. The van der Waals surface area contributed by atoms with Gasteiger partial charge in [-0.25, -0.2) is 9.37 Å². The highest BCUT2D eigenvalue weighted by molar-refractivity contribution is 5.84. The number of aromatic nitrogens is 1. The van der Waals surface area contributed by atoms with Crippen molar-refractivity contribution in [2.75, 3.05) is 63.2 Å². The molecule has 1 aliphatic heterocycles. The van der Waals surface area contributed by atoms with Gasteiger partial charge < -0.3 is 25.1 Å². The van der Waals surface area contributed by atoms with Gasteiger partial charge in [0.25, 0.3) is 0 Å². The standard InChI is InChI=1S/C26H30FN5O2/c1-30(2)14-15-32(18-33)24-7-6-19(16-23(24)27)21-4-3-5-22(26(21)34)20-8-9-29-25(17-20)31-12-10-28-11-13-31/h3-9,16-18,28,34H,10-15H2,1-2H3. The maximum Gasteiger partial charge on any atom is 0.214 e. The van der Waals surface area contributed by atoms with Crippen LogP contribution < -0.4 is 15.1 Å². The number of hydrogen-bond donors (Lipinski definition) is 2. The summed E-state index contributed by atoms with van der Waals surface area (Å²) in [6.45, 7) is 4.56. The van der Waals surface area contributed by atoms with Crippen LogP contribution in [-0.2, 0) is 4.79 Å². The van der Waals surface area contributed by atoms with Gasteiger partial charge in [-0.1, -0.05) is 24.3 Å². The number of aromatic hydroxyl groups is 1. The molecule has 0 spiro atoms. The van der Waals surface area contributed by atoms with Crippen LogP contribution >= 0.6 is 0 Å². The van der Waals surface area contributed by atoms with E-state index in [1.807, 2.05) is 43.3 Å². The van der Waals surface area contributed by atoms with Crippen LogP contribution in [0.15, 0.2) is 54.7 Å². The highest BCUT2D eigenvalue weighted by Crippen LogP contribution is 2.39. The van der Waals surface area contributed by atoms with Gasteiger partial charge in [-0.05, 0) is 49.5 Å². The molecule has 0 aliphatic carbocycles. The first-order valence-corrected chi connectivity index (χ1v) is 11.4. The Morgan fingerprint density at radius 1 is 1.06 bits per heavy atom. The van der Waals surface area contributed by atoms with Crippen LogP contribution in [0.5, 0.6) is 5.75 Å². The summed E-state index contributed by atoms with van der Waals surface area (Å²) in [5, 5.41) is 14.5. The predicted molar refractivity (Wildman–Crippen MR) is 134 cm³/mol. The number of carbonyl (C=O) groups excluding carboxylic acids is 1. The molecule has 1 saturated heterocycles. The summed E-state index contributed by atoms with van der Waals surface area (Å²) in [4.78, 5) is 21.5. The van der Waals surface area contributed by atoms with Crippen molar-refractivity contribution >= 4 is 17.9 Å². The fourth-order valence-electron chi connectivity index (χ4n) is 4.11. The maximum atomic E-state index is 15.0. The second kappa shape index (κ2) is 10.6. The van der Waals surface area contributed by atoms with Crippen molar-refractivity contribution in [1.29, 1.82) is 0 Å². The van der Waals surface area contributed by atoms with E-state index < -0.39 is 5.82 Å². The van der Waals surface area contributed by atoms with Crippen LogP contribution in [0.3, 0.4) is 0 Å². The number of halogens is 1. The van der Waals surface area contributed by atoms with E-state index in [9.17, 15) is 14.3 Å². The van der Waals surface area contributed by atoms with Crippen LogP contribution in [0.2, 0.25) is 0 Å². The summed E-state index contributed by atoms with van der Waals surface area (Å²) in [5.41, 5.74) is 2.77. The molecule has 8 heteroatoms. The number of amides is 1. The third kappa shape index (κ3) is 5.18. The van der Waals surface area contributed by atoms with Gasteiger partial charge in [-0.15, -0.1) is 0 Å². The molecule has 34 heavy (non-hydrogen) atoms. The van der Waals surface area contributed by atoms with Crippen molar-refractivity contribution in [2.45, 2.75) is 0 Å². The quantitative estimate of drug-likeness (QED) is 0.500. The lowest BCUT2D eigenvalue weighted by atomic mass is 9.97. The van der Waals surface area contributed by atoms with Gasteiger partial charge in [0, 0.05) is 56.6 Å². The smallest absolute Gasteiger partial charge is 0.214 e. The number of nitrogens with zero attached hydrogens (tertiary/aromatic N) is 4. The van der Waals surface area contributed by atoms with Crippen molar-refractivity contribution in [3.8, 4) is 28.0 Å². The van der Waals surface area contributed by atoms with Gasteiger partial charge in [-0.3, -0.25) is 4.79 Å². The molecule has 4 rings (SSSR count). The number of para-hydroxylation sites is 1. The number of phenols is 1. The van der Waals surface area contributed by atoms with E-state index in [-0.39, 0.29) is 11.4 Å². The molecule has 7 nitrogen and oxygen atoms in total. The third-order valence-corrected chi connectivity index (χ3v) is 6.02.